The van der Waals surface area contributed by atoms with E-state index in [9.17, 15) is 35.2 Å². The summed E-state index contributed by atoms with van der Waals surface area (Å²) in [5.41, 5.74) is 3.07. The molecule has 0 radical (unpaired) electrons. The Morgan fingerprint density at radius 2 is 1.57 bits per heavy atom. The summed E-state index contributed by atoms with van der Waals surface area (Å²) in [5, 5.41) is 4.65. The van der Waals surface area contributed by atoms with Gasteiger partial charge in [0.15, 0.2) is 0 Å². The van der Waals surface area contributed by atoms with E-state index in [2.05, 4.69) is 14.9 Å². The number of pyridine rings is 1. The number of Topliss-reactive ketones (excluding diaryl/α,β-unsaturated/α-hetero) is 1. The molecule has 0 aliphatic carbocycles. The minimum absolute atomic E-state index is 0. The van der Waals surface area contributed by atoms with E-state index in [4.69, 9.17) is 11.6 Å². The number of rotatable bonds is 4. The van der Waals surface area contributed by atoms with Gasteiger partial charge >= 0.3 is 0 Å². The van der Waals surface area contributed by atoms with Crippen molar-refractivity contribution < 1.29 is 35.2 Å². The molecule has 58 heavy (non-hydrogen) atoms. The molecule has 3 saturated heterocycles. The molecule has 0 spiro atoms. The highest BCUT2D eigenvalue weighted by molar-refractivity contribution is 7.91. The number of fused-ring (bicyclic) bond motifs is 2. The zero-order chi connectivity index (χ0) is 40.3. The average molecular weight is 862 g/mol. The molecule has 4 aliphatic rings. The van der Waals surface area contributed by atoms with Gasteiger partial charge in [-0.2, -0.15) is 5.10 Å². The number of sulfone groups is 1. The van der Waals surface area contributed by atoms with Gasteiger partial charge in [0.25, 0.3) is 6.43 Å². The highest BCUT2D eigenvalue weighted by atomic mass is 32.2. The highest BCUT2D eigenvalue weighted by Gasteiger charge is 2.37. The third kappa shape index (κ3) is 10.5. The largest absolute Gasteiger partial charge is 0.338 e. The second-order valence-corrected chi connectivity index (χ2v) is 20.2. The number of aryl methyl sites for hydroxylation is 1. The number of hydrogen-bond donors (Lipinski definition) is 0. The zero-order valence-corrected chi connectivity index (χ0v) is 34.0. The smallest absolute Gasteiger partial charge is 0.265 e. The van der Waals surface area contributed by atoms with Crippen LogP contribution in [0.15, 0.2) is 36.7 Å². The zero-order valence-electron chi connectivity index (χ0n) is 31.5. The lowest BCUT2D eigenvalue weighted by molar-refractivity contribution is -0.135. The molecule has 18 heteroatoms. The quantitative estimate of drug-likeness (QED) is 0.210. The number of amides is 1. The first kappa shape index (κ1) is 46.5. The number of halogens is 2. The van der Waals surface area contributed by atoms with Crippen molar-refractivity contribution in [2.75, 3.05) is 41.6 Å². The van der Waals surface area contributed by atoms with Gasteiger partial charge in [-0.15, -0.1) is 0 Å². The summed E-state index contributed by atoms with van der Waals surface area (Å²) >= 11 is 0. The molecular formula is C40H53F2N7O6S3. The molecule has 8 rings (SSSR count). The van der Waals surface area contributed by atoms with Crippen molar-refractivity contribution >= 4 is 54.0 Å². The summed E-state index contributed by atoms with van der Waals surface area (Å²) in [7, 11) is -0.931. The molecule has 3 fully saturated rings. The van der Waals surface area contributed by atoms with Crippen molar-refractivity contribution in [1.29, 1.82) is 0 Å². The van der Waals surface area contributed by atoms with Crippen LogP contribution in [-0.2, 0) is 54.6 Å². The first-order chi connectivity index (χ1) is 26.6. The Hall–Kier alpha value is -4.21. The summed E-state index contributed by atoms with van der Waals surface area (Å²) in [6.45, 7) is 8.81. The predicted octanol–water partition coefficient (Wildman–Crippen LogP) is 6.45. The van der Waals surface area contributed by atoms with Crippen LogP contribution in [0.3, 0.4) is 0 Å². The van der Waals surface area contributed by atoms with E-state index in [0.29, 0.717) is 77.3 Å². The monoisotopic (exact) mass is 861 g/mol. The Bertz CT molecular complexity index is 2290. The molecule has 1 unspecified atom stereocenters. The van der Waals surface area contributed by atoms with E-state index in [1.54, 1.807) is 35.9 Å². The summed E-state index contributed by atoms with van der Waals surface area (Å²) in [4.78, 5) is 38.1. The van der Waals surface area contributed by atoms with E-state index in [1.165, 1.54) is 12.3 Å². The van der Waals surface area contributed by atoms with Crippen molar-refractivity contribution in [3.05, 3.63) is 65.2 Å². The van der Waals surface area contributed by atoms with E-state index < -0.39 is 43.9 Å². The normalized spacial score (nSPS) is 22.0. The Morgan fingerprint density at radius 1 is 0.931 bits per heavy atom. The number of likely N-dealkylation sites (N-methyl/N-ethyl adjacent to an activating group) is 1. The second-order valence-electron chi connectivity index (χ2n) is 14.5. The SMILES string of the molecule is C.C.CC1C(=O)N(C)Cc2c(-c3cccc4nc(-c5cnn(C)c5)c(C(F)F)cc34)nc(C3CCS(=O)(=O)CC3)n21.O=C1CCS(=O)CC1.[C-]#[N+]C1CCS(=O)CC1. The van der Waals surface area contributed by atoms with Gasteiger partial charge < -0.3 is 14.3 Å². The Morgan fingerprint density at radius 3 is 2.14 bits per heavy atom. The van der Waals surface area contributed by atoms with Gasteiger partial charge in [-0.25, -0.2) is 33.7 Å². The molecule has 0 bridgehead atoms. The number of hydrogen-bond acceptors (Lipinski definition) is 9. The van der Waals surface area contributed by atoms with Crippen molar-refractivity contribution in [3.63, 3.8) is 0 Å². The van der Waals surface area contributed by atoms with Crippen LogP contribution >= 0.6 is 0 Å². The van der Waals surface area contributed by atoms with Crippen LogP contribution in [0.4, 0.5) is 8.78 Å². The topological polar surface area (TPSA) is 159 Å². The maximum atomic E-state index is 14.3. The number of carbonyl (C=O) groups is 2. The van der Waals surface area contributed by atoms with Crippen LogP contribution in [0.1, 0.15) is 95.8 Å². The van der Waals surface area contributed by atoms with Crippen molar-refractivity contribution in [2.24, 2.45) is 7.05 Å². The molecule has 1 aromatic carbocycles. The maximum absolute atomic E-state index is 14.3. The molecular weight excluding hydrogens is 809 g/mol. The van der Waals surface area contributed by atoms with Crippen LogP contribution in [0.2, 0.25) is 0 Å². The van der Waals surface area contributed by atoms with Crippen LogP contribution in [0.5, 0.6) is 0 Å². The van der Waals surface area contributed by atoms with Crippen molar-refractivity contribution in [1.82, 2.24) is 29.2 Å². The molecule has 4 aromatic rings. The fourth-order valence-corrected chi connectivity index (χ4v) is 11.3. The average Bonchev–Trinajstić information content (AvgIpc) is 3.78. The molecule has 13 nitrogen and oxygen atoms in total. The number of nitrogens with zero attached hydrogens (tertiary/aromatic N) is 7. The second kappa shape index (κ2) is 19.7. The van der Waals surface area contributed by atoms with Crippen molar-refractivity contribution in [2.45, 2.75) is 91.3 Å². The van der Waals surface area contributed by atoms with E-state index in [0.717, 1.165) is 30.0 Å². The fourth-order valence-electron chi connectivity index (χ4n) is 7.40. The number of imidazole rings is 1. The highest BCUT2D eigenvalue weighted by Crippen LogP contribution is 2.41. The molecule has 0 N–H and O–H groups in total. The van der Waals surface area contributed by atoms with Gasteiger partial charge in [0.1, 0.15) is 27.5 Å². The third-order valence-corrected chi connectivity index (χ3v) is 15.0. The Kier molecular flexibility index (Phi) is 15.8. The standard InChI is InChI=1S/C27H28F2N6O3S.C6H9NOS.C5H8O2S.2CH4/c1-15-27(36)33(2)14-22-24(32-26(35(15)22)16-7-9-39(37,38)10-8-16)18-5-4-6-21-19(18)11-20(25(28)29)23(31-21)17-12-30-34(3)13-17;1-7-6-2-4-9(8)5-3-6;6-5-1-3-8(7)4-2-5;;/h4-6,11-13,15-16,25H,7-10,14H2,1-3H3;6H,2-5H2;1-4H2;2*1H4. The number of ketones is 1. The molecule has 7 heterocycles. The number of carbonyl (C=O) groups excluding carboxylic acids is 2. The maximum Gasteiger partial charge on any atom is 0.265 e. The van der Waals surface area contributed by atoms with Gasteiger partial charge in [0, 0.05) is 119 Å². The van der Waals surface area contributed by atoms with Gasteiger partial charge in [0.2, 0.25) is 11.9 Å². The molecule has 4 aliphatic heterocycles. The van der Waals surface area contributed by atoms with Gasteiger partial charge in [0.05, 0.1) is 46.8 Å². The molecule has 1 amide bonds. The number of benzene rings is 1. The van der Waals surface area contributed by atoms with Crippen LogP contribution < -0.4 is 0 Å². The van der Waals surface area contributed by atoms with Gasteiger partial charge in [-0.05, 0) is 31.9 Å². The van der Waals surface area contributed by atoms with Gasteiger partial charge in [-0.1, -0.05) is 27.0 Å². The van der Waals surface area contributed by atoms with E-state index in [-0.39, 0.29) is 61.3 Å². The fraction of sp³-hybridized carbons (Fsp3) is 0.550. The predicted molar refractivity (Wildman–Crippen MR) is 225 cm³/mol. The van der Waals surface area contributed by atoms with Crippen LogP contribution in [0, 0.1) is 6.57 Å². The molecule has 1 atom stereocenters. The third-order valence-electron chi connectivity index (χ3n) is 10.6. The van der Waals surface area contributed by atoms with Crippen LogP contribution in [-0.4, -0.2) is 105 Å². The summed E-state index contributed by atoms with van der Waals surface area (Å²) in [5.74, 6) is 3.59. The molecule has 0 saturated carbocycles. The summed E-state index contributed by atoms with van der Waals surface area (Å²) < 4.78 is 77.7. The lowest BCUT2D eigenvalue weighted by Gasteiger charge is -2.32. The molecule has 3 aromatic heterocycles. The first-order valence-corrected chi connectivity index (χ1v) is 23.3. The Labute approximate surface area is 344 Å². The van der Waals surface area contributed by atoms with E-state index >= 15 is 0 Å². The minimum Gasteiger partial charge on any atom is -0.338 e. The minimum atomic E-state index is -3.09. The number of alkyl halides is 2. The lowest BCUT2D eigenvalue weighted by Crippen LogP contribution is -2.40. The van der Waals surface area contributed by atoms with Crippen molar-refractivity contribution in [3.8, 4) is 22.5 Å². The van der Waals surface area contributed by atoms with Crippen LogP contribution in [0.25, 0.3) is 38.3 Å². The lowest BCUT2D eigenvalue weighted by atomic mass is 9.99. The Balaban J connectivity index is 0.000000324. The summed E-state index contributed by atoms with van der Waals surface area (Å²) in [6, 6.07) is 6.56. The number of aromatic nitrogens is 5. The molecule has 316 valence electrons. The van der Waals surface area contributed by atoms with E-state index in [1.807, 2.05) is 23.6 Å². The summed E-state index contributed by atoms with van der Waals surface area (Å²) in [6.07, 6.45) is 4.02. The first-order valence-electron chi connectivity index (χ1n) is 18.5. The van der Waals surface area contributed by atoms with Gasteiger partial charge in [-0.3, -0.25) is 22.7 Å².